The number of pyridine rings is 1. The summed E-state index contributed by atoms with van der Waals surface area (Å²) in [5.74, 6) is 0.116. The molecule has 0 spiro atoms. The fourth-order valence-corrected chi connectivity index (χ4v) is 2.27. The molecular formula is C17H14N2O2. The molecule has 0 aliphatic carbocycles. The van der Waals surface area contributed by atoms with Crippen LogP contribution >= 0.6 is 0 Å². The van der Waals surface area contributed by atoms with Crippen molar-refractivity contribution in [2.24, 2.45) is 5.73 Å². The van der Waals surface area contributed by atoms with E-state index in [9.17, 15) is 4.79 Å². The number of ether oxygens (including phenoxy) is 1. The average Bonchev–Trinajstić information content (AvgIpc) is 2.53. The van der Waals surface area contributed by atoms with Crippen LogP contribution in [0.5, 0.6) is 5.88 Å². The molecule has 1 aromatic heterocycles. The van der Waals surface area contributed by atoms with Gasteiger partial charge in [0.25, 0.3) is 0 Å². The molecule has 4 nitrogen and oxygen atoms in total. The van der Waals surface area contributed by atoms with Crippen LogP contribution in [0.4, 0.5) is 0 Å². The van der Waals surface area contributed by atoms with E-state index in [4.69, 9.17) is 10.5 Å². The van der Waals surface area contributed by atoms with Crippen molar-refractivity contribution in [3.8, 4) is 17.0 Å². The van der Waals surface area contributed by atoms with Crippen molar-refractivity contribution in [2.75, 3.05) is 7.11 Å². The molecule has 104 valence electrons. The molecule has 0 fully saturated rings. The number of benzene rings is 2. The zero-order chi connectivity index (χ0) is 14.8. The number of hydrogen-bond acceptors (Lipinski definition) is 3. The summed E-state index contributed by atoms with van der Waals surface area (Å²) in [7, 11) is 1.60. The maximum Gasteiger partial charge on any atom is 0.248 e. The van der Waals surface area contributed by atoms with E-state index in [1.807, 2.05) is 42.5 Å². The van der Waals surface area contributed by atoms with Crippen LogP contribution in [0.15, 0.2) is 54.6 Å². The molecule has 3 aromatic rings. The highest BCUT2D eigenvalue weighted by Gasteiger charge is 2.10. The number of carbonyl (C=O) groups is 1. The number of carbonyl (C=O) groups excluding carboxylic acids is 1. The zero-order valence-corrected chi connectivity index (χ0v) is 11.5. The quantitative estimate of drug-likeness (QED) is 0.801. The summed E-state index contributed by atoms with van der Waals surface area (Å²) >= 11 is 0. The van der Waals surface area contributed by atoms with Crippen LogP contribution in [0, 0.1) is 0 Å². The summed E-state index contributed by atoms with van der Waals surface area (Å²) in [6.07, 6.45) is 0. The van der Waals surface area contributed by atoms with Gasteiger partial charge in [-0.15, -0.1) is 0 Å². The van der Waals surface area contributed by atoms with E-state index in [-0.39, 0.29) is 0 Å². The van der Waals surface area contributed by atoms with Gasteiger partial charge in [0, 0.05) is 16.5 Å². The summed E-state index contributed by atoms with van der Waals surface area (Å²) in [5.41, 5.74) is 8.42. The van der Waals surface area contributed by atoms with Crippen LogP contribution in [0.3, 0.4) is 0 Å². The standard InChI is InChI=1S/C17H14N2O2/c1-21-17-14(10-13-4-2-3-5-15(13)19-17)11-6-8-12(9-7-11)16(18)20/h2-10H,1H3,(H2,18,20). The first-order valence-corrected chi connectivity index (χ1v) is 6.53. The molecule has 1 heterocycles. The van der Waals surface area contributed by atoms with Gasteiger partial charge in [0.1, 0.15) is 0 Å². The van der Waals surface area contributed by atoms with E-state index in [1.165, 1.54) is 0 Å². The van der Waals surface area contributed by atoms with Gasteiger partial charge in [0.15, 0.2) is 0 Å². The Kier molecular flexibility index (Phi) is 3.28. The van der Waals surface area contributed by atoms with Crippen molar-refractivity contribution >= 4 is 16.8 Å². The van der Waals surface area contributed by atoms with Gasteiger partial charge >= 0.3 is 0 Å². The Balaban J connectivity index is 2.16. The lowest BCUT2D eigenvalue weighted by atomic mass is 10.0. The molecule has 21 heavy (non-hydrogen) atoms. The summed E-state index contributed by atoms with van der Waals surface area (Å²) in [5, 5.41) is 1.03. The first-order chi connectivity index (χ1) is 10.2. The number of para-hydroxylation sites is 1. The molecular weight excluding hydrogens is 264 g/mol. The minimum Gasteiger partial charge on any atom is -0.481 e. The molecule has 0 aliphatic heterocycles. The highest BCUT2D eigenvalue weighted by atomic mass is 16.5. The van der Waals surface area contributed by atoms with Crippen LogP contribution in [0.1, 0.15) is 10.4 Å². The van der Waals surface area contributed by atoms with E-state index in [1.54, 1.807) is 19.2 Å². The number of nitrogens with two attached hydrogens (primary N) is 1. The van der Waals surface area contributed by atoms with Crippen molar-refractivity contribution in [3.05, 3.63) is 60.2 Å². The SMILES string of the molecule is COc1nc2ccccc2cc1-c1ccc(C(N)=O)cc1. The van der Waals surface area contributed by atoms with Gasteiger partial charge in [-0.3, -0.25) is 4.79 Å². The topological polar surface area (TPSA) is 65.2 Å². The van der Waals surface area contributed by atoms with Gasteiger partial charge in [-0.05, 0) is 29.8 Å². The molecule has 0 saturated carbocycles. The smallest absolute Gasteiger partial charge is 0.248 e. The largest absolute Gasteiger partial charge is 0.481 e. The Bertz CT molecular complexity index is 811. The Hall–Kier alpha value is -2.88. The monoisotopic (exact) mass is 278 g/mol. The molecule has 2 N–H and O–H groups in total. The van der Waals surface area contributed by atoms with E-state index < -0.39 is 5.91 Å². The molecule has 2 aromatic carbocycles. The van der Waals surface area contributed by atoms with Crippen LogP contribution in [-0.4, -0.2) is 18.0 Å². The summed E-state index contributed by atoms with van der Waals surface area (Å²) < 4.78 is 5.38. The highest BCUT2D eigenvalue weighted by molar-refractivity contribution is 5.93. The number of aromatic nitrogens is 1. The van der Waals surface area contributed by atoms with Gasteiger partial charge in [0.05, 0.1) is 12.6 Å². The second-order valence-corrected chi connectivity index (χ2v) is 4.68. The van der Waals surface area contributed by atoms with E-state index >= 15 is 0 Å². The molecule has 0 aliphatic rings. The Labute approximate surface area is 122 Å². The Morgan fingerprint density at radius 2 is 1.81 bits per heavy atom. The highest BCUT2D eigenvalue weighted by Crippen LogP contribution is 2.31. The molecule has 4 heteroatoms. The molecule has 0 unspecified atom stereocenters. The number of amides is 1. The van der Waals surface area contributed by atoms with Crippen molar-refractivity contribution in [2.45, 2.75) is 0 Å². The molecule has 1 amide bonds. The van der Waals surface area contributed by atoms with E-state index in [0.29, 0.717) is 11.4 Å². The molecule has 0 radical (unpaired) electrons. The molecule has 3 rings (SSSR count). The fourth-order valence-electron chi connectivity index (χ4n) is 2.27. The van der Waals surface area contributed by atoms with Crippen molar-refractivity contribution < 1.29 is 9.53 Å². The maximum atomic E-state index is 11.1. The van der Waals surface area contributed by atoms with Gasteiger partial charge < -0.3 is 10.5 Å². The van der Waals surface area contributed by atoms with E-state index in [0.717, 1.165) is 22.0 Å². The number of rotatable bonds is 3. The minimum absolute atomic E-state index is 0.440. The second kappa shape index (κ2) is 5.25. The normalized spacial score (nSPS) is 10.5. The third-order valence-corrected chi connectivity index (χ3v) is 3.36. The Morgan fingerprint density at radius 3 is 2.48 bits per heavy atom. The van der Waals surface area contributed by atoms with Gasteiger partial charge in [-0.1, -0.05) is 30.3 Å². The van der Waals surface area contributed by atoms with Crippen molar-refractivity contribution in [1.29, 1.82) is 0 Å². The Morgan fingerprint density at radius 1 is 1.10 bits per heavy atom. The number of fused-ring (bicyclic) bond motifs is 1. The zero-order valence-electron chi connectivity index (χ0n) is 11.5. The predicted molar refractivity (Wildman–Crippen MR) is 82.2 cm³/mol. The second-order valence-electron chi connectivity index (χ2n) is 4.68. The number of nitrogens with zero attached hydrogens (tertiary/aromatic N) is 1. The lowest BCUT2D eigenvalue weighted by molar-refractivity contribution is 0.100. The first kappa shape index (κ1) is 13.1. The van der Waals surface area contributed by atoms with Crippen molar-refractivity contribution in [3.63, 3.8) is 0 Å². The predicted octanol–water partition coefficient (Wildman–Crippen LogP) is 3.01. The van der Waals surface area contributed by atoms with Gasteiger partial charge in [0.2, 0.25) is 11.8 Å². The van der Waals surface area contributed by atoms with Crippen LogP contribution < -0.4 is 10.5 Å². The number of primary amides is 1. The lowest BCUT2D eigenvalue weighted by Gasteiger charge is -2.10. The van der Waals surface area contributed by atoms with Crippen LogP contribution in [0.2, 0.25) is 0 Å². The molecule has 0 saturated heterocycles. The molecule has 0 bridgehead atoms. The summed E-state index contributed by atoms with van der Waals surface area (Å²) in [6.45, 7) is 0. The summed E-state index contributed by atoms with van der Waals surface area (Å²) in [6, 6.07) is 17.0. The number of hydrogen-bond donors (Lipinski definition) is 1. The lowest BCUT2D eigenvalue weighted by Crippen LogP contribution is -2.10. The maximum absolute atomic E-state index is 11.1. The summed E-state index contributed by atoms with van der Waals surface area (Å²) in [4.78, 5) is 15.6. The van der Waals surface area contributed by atoms with Crippen molar-refractivity contribution in [1.82, 2.24) is 4.98 Å². The van der Waals surface area contributed by atoms with Gasteiger partial charge in [-0.25, -0.2) is 4.98 Å². The van der Waals surface area contributed by atoms with E-state index in [2.05, 4.69) is 4.98 Å². The van der Waals surface area contributed by atoms with Crippen LogP contribution in [-0.2, 0) is 0 Å². The average molecular weight is 278 g/mol. The van der Waals surface area contributed by atoms with Crippen LogP contribution in [0.25, 0.3) is 22.0 Å². The molecule has 0 atom stereocenters. The third kappa shape index (κ3) is 2.43. The van der Waals surface area contributed by atoms with Gasteiger partial charge in [-0.2, -0.15) is 0 Å². The fraction of sp³-hybridized carbons (Fsp3) is 0.0588. The number of methoxy groups -OCH3 is 1. The third-order valence-electron chi connectivity index (χ3n) is 3.36. The first-order valence-electron chi connectivity index (χ1n) is 6.53. The minimum atomic E-state index is -0.440.